The SMILES string of the molecule is O=C1C(N2CCCCCC2)=C(S(=O)(=O)NC2CCCCC2)C(=O)c2ccccc21. The summed E-state index contributed by atoms with van der Waals surface area (Å²) in [7, 11) is -4.10. The molecule has 7 heteroatoms. The Balaban J connectivity index is 1.80. The van der Waals surface area contributed by atoms with E-state index in [1.54, 1.807) is 24.3 Å². The standard InChI is InChI=1S/C22H28N2O4S/c25-20-17-12-6-7-13-18(17)21(26)22(19(20)24-14-8-1-2-9-15-24)29(27,28)23-16-10-4-3-5-11-16/h6-7,12-13,16,23H,1-5,8-11,14-15H2. The van der Waals surface area contributed by atoms with Crippen LogP contribution < -0.4 is 4.72 Å². The number of hydrogen-bond donors (Lipinski definition) is 1. The van der Waals surface area contributed by atoms with Gasteiger partial charge >= 0.3 is 0 Å². The van der Waals surface area contributed by atoms with Gasteiger partial charge in [0.15, 0.2) is 4.91 Å². The van der Waals surface area contributed by atoms with Crippen molar-refractivity contribution in [3.05, 3.63) is 46.0 Å². The quantitative estimate of drug-likeness (QED) is 0.813. The van der Waals surface area contributed by atoms with Crippen LogP contribution in [0.25, 0.3) is 0 Å². The number of Topliss-reactive ketones (excluding diaryl/α,β-unsaturated/α-hetero) is 2. The largest absolute Gasteiger partial charge is 0.367 e. The molecule has 0 bridgehead atoms. The fourth-order valence-electron chi connectivity index (χ4n) is 4.67. The first-order chi connectivity index (χ1) is 14.0. The minimum absolute atomic E-state index is 0.0684. The molecule has 0 radical (unpaired) electrons. The number of carbonyl (C=O) groups is 2. The third-order valence-electron chi connectivity index (χ3n) is 6.17. The van der Waals surface area contributed by atoms with Gasteiger partial charge in [0.05, 0.1) is 0 Å². The molecule has 1 heterocycles. The molecule has 1 aliphatic heterocycles. The highest BCUT2D eigenvalue weighted by Crippen LogP contribution is 2.33. The molecule has 2 fully saturated rings. The molecule has 6 nitrogen and oxygen atoms in total. The first kappa shape index (κ1) is 20.3. The number of nitrogens with zero attached hydrogens (tertiary/aromatic N) is 1. The molecule has 1 N–H and O–H groups in total. The number of benzene rings is 1. The summed E-state index contributed by atoms with van der Waals surface area (Å²) < 4.78 is 29.5. The van der Waals surface area contributed by atoms with E-state index in [0.29, 0.717) is 18.7 Å². The first-order valence-electron chi connectivity index (χ1n) is 10.7. The van der Waals surface area contributed by atoms with E-state index in [-0.39, 0.29) is 28.0 Å². The minimum Gasteiger partial charge on any atom is -0.367 e. The number of nitrogens with one attached hydrogen (secondary N) is 1. The van der Waals surface area contributed by atoms with E-state index in [1.165, 1.54) is 0 Å². The number of fused-ring (bicyclic) bond motifs is 1. The zero-order valence-electron chi connectivity index (χ0n) is 16.7. The molecule has 3 aliphatic rings. The van der Waals surface area contributed by atoms with Crippen molar-refractivity contribution in [1.29, 1.82) is 0 Å². The van der Waals surface area contributed by atoms with Crippen LogP contribution in [0.5, 0.6) is 0 Å². The molecule has 1 saturated heterocycles. The molecule has 4 rings (SSSR count). The third kappa shape index (κ3) is 4.03. The van der Waals surface area contributed by atoms with Gasteiger partial charge < -0.3 is 4.90 Å². The summed E-state index contributed by atoms with van der Waals surface area (Å²) in [5.74, 6) is -0.922. The van der Waals surface area contributed by atoms with E-state index in [0.717, 1.165) is 57.8 Å². The minimum atomic E-state index is -4.10. The van der Waals surface area contributed by atoms with Gasteiger partial charge in [-0.25, -0.2) is 13.1 Å². The van der Waals surface area contributed by atoms with Crippen LogP contribution in [0, 0.1) is 0 Å². The lowest BCUT2D eigenvalue weighted by Gasteiger charge is -2.31. The van der Waals surface area contributed by atoms with E-state index < -0.39 is 15.8 Å². The Labute approximate surface area is 172 Å². The Kier molecular flexibility index (Phi) is 5.88. The van der Waals surface area contributed by atoms with Crippen molar-refractivity contribution in [3.8, 4) is 0 Å². The number of rotatable bonds is 4. The molecule has 2 aliphatic carbocycles. The fourth-order valence-corrected chi connectivity index (χ4v) is 6.29. The van der Waals surface area contributed by atoms with Crippen molar-refractivity contribution < 1.29 is 18.0 Å². The first-order valence-corrected chi connectivity index (χ1v) is 12.2. The lowest BCUT2D eigenvalue weighted by Crippen LogP contribution is -2.43. The normalized spacial score (nSPS) is 21.9. The van der Waals surface area contributed by atoms with Crippen molar-refractivity contribution in [2.75, 3.05) is 13.1 Å². The van der Waals surface area contributed by atoms with Crippen molar-refractivity contribution in [2.45, 2.75) is 63.8 Å². The smallest absolute Gasteiger partial charge is 0.246 e. The van der Waals surface area contributed by atoms with Gasteiger partial charge in [0.25, 0.3) is 0 Å². The van der Waals surface area contributed by atoms with Crippen molar-refractivity contribution in [2.24, 2.45) is 0 Å². The second-order valence-corrected chi connectivity index (χ2v) is 9.89. The van der Waals surface area contributed by atoms with Gasteiger partial charge in [0, 0.05) is 30.3 Å². The maximum absolute atomic E-state index is 13.4. The summed E-state index contributed by atoms with van der Waals surface area (Å²) in [6.45, 7) is 1.19. The van der Waals surface area contributed by atoms with E-state index in [4.69, 9.17) is 0 Å². The maximum atomic E-state index is 13.4. The molecular formula is C22H28N2O4S. The lowest BCUT2D eigenvalue weighted by atomic mass is 9.91. The van der Waals surface area contributed by atoms with Gasteiger partial charge in [-0.1, -0.05) is 56.4 Å². The average molecular weight is 417 g/mol. The van der Waals surface area contributed by atoms with Gasteiger partial charge in [-0.2, -0.15) is 0 Å². The number of carbonyl (C=O) groups excluding carboxylic acids is 2. The van der Waals surface area contributed by atoms with Gasteiger partial charge in [-0.05, 0) is 25.7 Å². The molecular weight excluding hydrogens is 388 g/mol. The number of sulfonamides is 1. The Hall–Kier alpha value is -1.99. The zero-order valence-corrected chi connectivity index (χ0v) is 17.5. The highest BCUT2D eigenvalue weighted by Gasteiger charge is 2.42. The Bertz CT molecular complexity index is 937. The number of likely N-dealkylation sites (tertiary alicyclic amines) is 1. The summed E-state index contributed by atoms with van der Waals surface area (Å²) in [5, 5.41) is 0. The van der Waals surface area contributed by atoms with Crippen LogP contribution in [0.1, 0.15) is 78.5 Å². The lowest BCUT2D eigenvalue weighted by molar-refractivity contribution is 0.0947. The van der Waals surface area contributed by atoms with Gasteiger partial charge in [-0.15, -0.1) is 0 Å². The van der Waals surface area contributed by atoms with Gasteiger partial charge in [0.2, 0.25) is 21.6 Å². The van der Waals surface area contributed by atoms with E-state index >= 15 is 0 Å². The highest BCUT2D eigenvalue weighted by atomic mass is 32.2. The number of ketones is 2. The third-order valence-corrected chi connectivity index (χ3v) is 7.73. The Morgan fingerprint density at radius 2 is 1.34 bits per heavy atom. The number of allylic oxidation sites excluding steroid dienone is 2. The molecule has 0 unspecified atom stereocenters. The van der Waals surface area contributed by atoms with E-state index in [2.05, 4.69) is 4.72 Å². The van der Waals surface area contributed by atoms with Crippen molar-refractivity contribution in [1.82, 2.24) is 9.62 Å². The molecule has 1 aromatic carbocycles. The summed E-state index contributed by atoms with van der Waals surface area (Å²) >= 11 is 0. The summed E-state index contributed by atoms with van der Waals surface area (Å²) in [6.07, 6.45) is 8.45. The summed E-state index contributed by atoms with van der Waals surface area (Å²) in [4.78, 5) is 28.2. The molecule has 29 heavy (non-hydrogen) atoms. The Morgan fingerprint density at radius 3 is 1.97 bits per heavy atom. The topological polar surface area (TPSA) is 83.6 Å². The van der Waals surface area contributed by atoms with Crippen LogP contribution in [0.3, 0.4) is 0 Å². The van der Waals surface area contributed by atoms with E-state index in [1.807, 2.05) is 4.90 Å². The van der Waals surface area contributed by atoms with Crippen molar-refractivity contribution in [3.63, 3.8) is 0 Å². The molecule has 1 aromatic rings. The molecule has 1 saturated carbocycles. The predicted octanol–water partition coefficient (Wildman–Crippen LogP) is 3.41. The van der Waals surface area contributed by atoms with Crippen LogP contribution in [-0.2, 0) is 10.0 Å². The maximum Gasteiger partial charge on any atom is 0.246 e. The second kappa shape index (κ2) is 8.40. The average Bonchev–Trinajstić information content (AvgIpc) is 3.00. The number of hydrogen-bond acceptors (Lipinski definition) is 5. The second-order valence-electron chi connectivity index (χ2n) is 8.24. The molecule has 0 aromatic heterocycles. The zero-order chi connectivity index (χ0) is 20.4. The summed E-state index contributed by atoms with van der Waals surface area (Å²) in [6, 6.07) is 6.37. The molecule has 0 spiro atoms. The monoisotopic (exact) mass is 416 g/mol. The van der Waals surface area contributed by atoms with Gasteiger partial charge in [0.1, 0.15) is 5.70 Å². The van der Waals surface area contributed by atoms with Crippen molar-refractivity contribution >= 4 is 21.6 Å². The molecule has 156 valence electrons. The van der Waals surface area contributed by atoms with E-state index in [9.17, 15) is 18.0 Å². The summed E-state index contributed by atoms with van der Waals surface area (Å²) in [5.41, 5.74) is 0.548. The van der Waals surface area contributed by atoms with Gasteiger partial charge in [-0.3, -0.25) is 9.59 Å². The molecule has 0 amide bonds. The van der Waals surface area contributed by atoms with Crippen LogP contribution in [0.4, 0.5) is 0 Å². The van der Waals surface area contributed by atoms with Crippen LogP contribution >= 0.6 is 0 Å². The van der Waals surface area contributed by atoms with Crippen LogP contribution in [0.2, 0.25) is 0 Å². The predicted molar refractivity (Wildman–Crippen MR) is 111 cm³/mol. The van der Waals surface area contributed by atoms with Crippen LogP contribution in [-0.4, -0.2) is 44.0 Å². The Morgan fingerprint density at radius 1 is 0.793 bits per heavy atom. The molecule has 0 atom stereocenters. The van der Waals surface area contributed by atoms with Crippen LogP contribution in [0.15, 0.2) is 34.9 Å². The highest BCUT2D eigenvalue weighted by molar-refractivity contribution is 7.94. The fraction of sp³-hybridized carbons (Fsp3) is 0.545.